The van der Waals surface area contributed by atoms with Gasteiger partial charge in [0.05, 0.1) is 26.4 Å². The fourth-order valence-corrected chi connectivity index (χ4v) is 5.89. The summed E-state index contributed by atoms with van der Waals surface area (Å²) in [6, 6.07) is 20.3. The van der Waals surface area contributed by atoms with E-state index in [2.05, 4.69) is 58.1 Å². The van der Waals surface area contributed by atoms with Gasteiger partial charge < -0.3 is 32.8 Å². The fraction of sp³-hybridized carbons (Fsp3) is 0.625. The average Bonchev–Trinajstić information content (AvgIpc) is 3.27. The topological polar surface area (TPSA) is 64.6 Å². The molecule has 5 atom stereocenters. The van der Waals surface area contributed by atoms with E-state index in [-0.39, 0.29) is 11.1 Å². The second-order valence-corrected chi connectivity index (χ2v) is 17.2. The maximum absolute atomic E-state index is 7.10. The minimum absolute atomic E-state index is 0.0294. The molecule has 2 aromatic carbocycles. The minimum atomic E-state index is -2.28. The first-order valence-corrected chi connectivity index (χ1v) is 17.1. The summed E-state index contributed by atoms with van der Waals surface area (Å²) in [5.74, 6) is -0.701. The number of ether oxygens (including phenoxy) is 6. The molecule has 0 radical (unpaired) electrons. The summed E-state index contributed by atoms with van der Waals surface area (Å²) in [6.07, 6.45) is -2.19. The summed E-state index contributed by atoms with van der Waals surface area (Å²) < 4.78 is 44.5. The molecule has 40 heavy (non-hydrogen) atoms. The Labute approximate surface area is 242 Å². The third-order valence-electron chi connectivity index (χ3n) is 7.89. The van der Waals surface area contributed by atoms with Crippen LogP contribution in [0.2, 0.25) is 18.1 Å². The summed E-state index contributed by atoms with van der Waals surface area (Å²) in [7, 11) is 1.11. The second-order valence-electron chi connectivity index (χ2n) is 12.4. The largest absolute Gasteiger partial charge is 0.408 e. The van der Waals surface area contributed by atoms with Crippen molar-refractivity contribution in [1.82, 2.24) is 0 Å². The molecule has 1 aliphatic heterocycles. The van der Waals surface area contributed by atoms with Gasteiger partial charge in [-0.2, -0.15) is 0 Å². The van der Waals surface area contributed by atoms with Crippen molar-refractivity contribution >= 4 is 8.32 Å². The van der Waals surface area contributed by atoms with Crippen LogP contribution in [0, 0.1) is 0 Å². The van der Waals surface area contributed by atoms with Crippen LogP contribution in [0.25, 0.3) is 0 Å². The van der Waals surface area contributed by atoms with Crippen LogP contribution in [-0.4, -0.2) is 72.1 Å². The van der Waals surface area contributed by atoms with Crippen molar-refractivity contribution in [1.29, 1.82) is 0 Å². The Morgan fingerprint density at radius 2 is 1.45 bits per heavy atom. The molecule has 0 bridgehead atoms. The van der Waals surface area contributed by atoms with Crippen molar-refractivity contribution < 1.29 is 32.8 Å². The molecule has 7 nitrogen and oxygen atoms in total. The van der Waals surface area contributed by atoms with Crippen molar-refractivity contribution in [3.8, 4) is 0 Å². The van der Waals surface area contributed by atoms with Crippen LogP contribution >= 0.6 is 0 Å². The monoisotopic (exact) mass is 574 g/mol. The zero-order valence-corrected chi connectivity index (χ0v) is 26.8. The van der Waals surface area contributed by atoms with Crippen molar-refractivity contribution in [3.05, 3.63) is 71.8 Å². The van der Waals surface area contributed by atoms with Crippen LogP contribution in [-0.2, 0) is 46.1 Å². The minimum Gasteiger partial charge on any atom is -0.408 e. The number of benzene rings is 2. The van der Waals surface area contributed by atoms with Gasteiger partial charge in [-0.3, -0.25) is 0 Å². The molecule has 2 aromatic rings. The van der Waals surface area contributed by atoms with Crippen LogP contribution in [0.3, 0.4) is 0 Å². The molecule has 0 unspecified atom stereocenters. The Hall–Kier alpha value is -1.62. The number of methoxy groups -OCH3 is 2. The summed E-state index contributed by atoms with van der Waals surface area (Å²) >= 11 is 0. The molecular formula is C32H50O7Si. The van der Waals surface area contributed by atoms with E-state index in [0.717, 1.165) is 11.1 Å². The summed E-state index contributed by atoms with van der Waals surface area (Å²) in [5.41, 5.74) is 2.17. The maximum atomic E-state index is 7.10. The lowest BCUT2D eigenvalue weighted by atomic mass is 9.99. The standard InChI is InChI=1S/C32H50O7Si/c1-31(2,3)40(8,9)39-30(29(34-7)27-23-37-32(4,5)38-27)28(33-6)26(36-21-25-18-14-11-15-19-25)22-35-20-24-16-12-10-13-17-24/h10-19,26-30H,20-23H2,1-9H3/t26-,27-,28-,29+,30+/m0/s1. The molecular weight excluding hydrogens is 524 g/mol. The molecule has 0 aromatic heterocycles. The molecule has 3 rings (SSSR count). The Morgan fingerprint density at radius 3 is 1.93 bits per heavy atom. The highest BCUT2D eigenvalue weighted by Crippen LogP contribution is 2.40. The van der Waals surface area contributed by atoms with E-state index in [1.165, 1.54) is 0 Å². The van der Waals surface area contributed by atoms with E-state index >= 15 is 0 Å². The second kappa shape index (κ2) is 14.5. The molecule has 1 fully saturated rings. The van der Waals surface area contributed by atoms with Gasteiger partial charge in [0.15, 0.2) is 14.1 Å². The third kappa shape index (κ3) is 9.19. The van der Waals surface area contributed by atoms with Crippen molar-refractivity contribution in [2.75, 3.05) is 27.4 Å². The highest BCUT2D eigenvalue weighted by molar-refractivity contribution is 6.74. The normalized spacial score (nSPS) is 20.7. The van der Waals surface area contributed by atoms with Crippen LogP contribution in [0.1, 0.15) is 45.7 Å². The van der Waals surface area contributed by atoms with Gasteiger partial charge in [0.1, 0.15) is 30.5 Å². The molecule has 1 aliphatic rings. The maximum Gasteiger partial charge on any atom is 0.192 e. The van der Waals surface area contributed by atoms with Gasteiger partial charge in [-0.1, -0.05) is 81.4 Å². The van der Waals surface area contributed by atoms with E-state index < -0.39 is 38.5 Å². The lowest BCUT2D eigenvalue weighted by molar-refractivity contribution is -0.192. The van der Waals surface area contributed by atoms with E-state index in [1.54, 1.807) is 14.2 Å². The summed E-state index contributed by atoms with van der Waals surface area (Å²) in [6.45, 7) is 16.6. The summed E-state index contributed by atoms with van der Waals surface area (Å²) in [4.78, 5) is 0. The molecule has 0 spiro atoms. The third-order valence-corrected chi connectivity index (χ3v) is 12.4. The highest BCUT2D eigenvalue weighted by atomic mass is 28.4. The van der Waals surface area contributed by atoms with Gasteiger partial charge in [0.2, 0.25) is 0 Å². The molecule has 0 N–H and O–H groups in total. The smallest absolute Gasteiger partial charge is 0.192 e. The summed E-state index contributed by atoms with van der Waals surface area (Å²) in [5, 5.41) is -0.0294. The predicted octanol–water partition coefficient (Wildman–Crippen LogP) is 6.36. The zero-order valence-electron chi connectivity index (χ0n) is 25.8. The Morgan fingerprint density at radius 1 is 0.875 bits per heavy atom. The van der Waals surface area contributed by atoms with Crippen molar-refractivity contribution in [2.45, 2.75) is 102 Å². The van der Waals surface area contributed by atoms with E-state index in [1.807, 2.05) is 50.2 Å². The first-order valence-electron chi connectivity index (χ1n) is 14.2. The Kier molecular flexibility index (Phi) is 11.9. The van der Waals surface area contributed by atoms with Gasteiger partial charge in [-0.15, -0.1) is 0 Å². The highest BCUT2D eigenvalue weighted by Gasteiger charge is 2.50. The molecule has 8 heteroatoms. The quantitative estimate of drug-likeness (QED) is 0.229. The number of rotatable bonds is 15. The lowest BCUT2D eigenvalue weighted by Crippen LogP contribution is -2.59. The molecule has 0 amide bonds. The first-order chi connectivity index (χ1) is 18.9. The fourth-order valence-electron chi connectivity index (χ4n) is 4.59. The first kappa shape index (κ1) is 32.9. The van der Waals surface area contributed by atoms with E-state index in [0.29, 0.717) is 26.4 Å². The van der Waals surface area contributed by atoms with Gasteiger partial charge in [-0.25, -0.2) is 0 Å². The molecule has 1 saturated heterocycles. The van der Waals surface area contributed by atoms with Gasteiger partial charge >= 0.3 is 0 Å². The van der Waals surface area contributed by atoms with Crippen LogP contribution in [0.5, 0.6) is 0 Å². The van der Waals surface area contributed by atoms with Gasteiger partial charge in [-0.05, 0) is 43.1 Å². The van der Waals surface area contributed by atoms with Crippen LogP contribution in [0.15, 0.2) is 60.7 Å². The van der Waals surface area contributed by atoms with Crippen LogP contribution < -0.4 is 0 Å². The van der Waals surface area contributed by atoms with Gasteiger partial charge in [0, 0.05) is 14.2 Å². The van der Waals surface area contributed by atoms with E-state index in [9.17, 15) is 0 Å². The molecule has 1 heterocycles. The van der Waals surface area contributed by atoms with Gasteiger partial charge in [0.25, 0.3) is 0 Å². The van der Waals surface area contributed by atoms with Crippen molar-refractivity contribution in [2.24, 2.45) is 0 Å². The Bertz CT molecular complexity index is 993. The van der Waals surface area contributed by atoms with Crippen molar-refractivity contribution in [3.63, 3.8) is 0 Å². The van der Waals surface area contributed by atoms with Crippen LogP contribution in [0.4, 0.5) is 0 Å². The zero-order chi connectivity index (χ0) is 29.4. The molecule has 0 aliphatic carbocycles. The average molecular weight is 575 g/mol. The SMILES string of the molecule is CO[C@H]([C@@H](O[Si](C)(C)C(C)(C)C)[C@H](OC)[C@@H]1COC(C)(C)O1)[C@H](COCc1ccccc1)OCc1ccccc1. The molecule has 0 saturated carbocycles. The Balaban J connectivity index is 1.92. The predicted molar refractivity (Wildman–Crippen MR) is 160 cm³/mol. The van der Waals surface area contributed by atoms with E-state index in [4.69, 9.17) is 32.8 Å². The number of hydrogen-bond acceptors (Lipinski definition) is 7. The lowest BCUT2D eigenvalue weighted by Gasteiger charge is -2.45. The molecule has 224 valence electrons. The number of hydrogen-bond donors (Lipinski definition) is 0.